The predicted molar refractivity (Wildman–Crippen MR) is 106 cm³/mol. The standard InChI is InChI=1S/C20H25F2N3O4/c1-23-20(24-11-13-5-7-17(27-3)18(9-13)28-4)25-12-14-10-15(26-2)6-8-16(14)29-19(21)22/h5-10,19H,11-12H2,1-4H3,(H2,23,24,25). The Morgan fingerprint density at radius 3 is 2.21 bits per heavy atom. The summed E-state index contributed by atoms with van der Waals surface area (Å²) in [4.78, 5) is 4.15. The molecule has 0 bridgehead atoms. The molecule has 0 atom stereocenters. The van der Waals surface area contributed by atoms with Gasteiger partial charge in [-0.15, -0.1) is 0 Å². The fourth-order valence-corrected chi connectivity index (χ4v) is 2.61. The van der Waals surface area contributed by atoms with Gasteiger partial charge in [0.05, 0.1) is 21.3 Å². The minimum atomic E-state index is -2.91. The lowest BCUT2D eigenvalue weighted by Gasteiger charge is -2.16. The van der Waals surface area contributed by atoms with Gasteiger partial charge in [0, 0.05) is 25.7 Å². The van der Waals surface area contributed by atoms with Gasteiger partial charge in [-0.25, -0.2) is 0 Å². The Labute approximate surface area is 168 Å². The smallest absolute Gasteiger partial charge is 0.387 e. The van der Waals surface area contributed by atoms with E-state index in [9.17, 15) is 8.78 Å². The first-order valence-corrected chi connectivity index (χ1v) is 8.77. The van der Waals surface area contributed by atoms with Crippen molar-refractivity contribution < 1.29 is 27.7 Å². The van der Waals surface area contributed by atoms with Gasteiger partial charge in [-0.3, -0.25) is 4.99 Å². The minimum absolute atomic E-state index is 0.0728. The first-order valence-electron chi connectivity index (χ1n) is 8.77. The fraction of sp³-hybridized carbons (Fsp3) is 0.350. The van der Waals surface area contributed by atoms with Gasteiger partial charge in [0.1, 0.15) is 11.5 Å². The number of nitrogens with zero attached hydrogens (tertiary/aromatic N) is 1. The molecule has 2 rings (SSSR count). The summed E-state index contributed by atoms with van der Waals surface area (Å²) in [6.07, 6.45) is 0. The first kappa shape index (κ1) is 22.1. The normalized spacial score (nSPS) is 11.2. The number of ether oxygens (including phenoxy) is 4. The van der Waals surface area contributed by atoms with E-state index in [-0.39, 0.29) is 12.3 Å². The second kappa shape index (κ2) is 10.9. The van der Waals surface area contributed by atoms with Crippen molar-refractivity contribution in [2.24, 2.45) is 4.99 Å². The van der Waals surface area contributed by atoms with E-state index in [2.05, 4.69) is 20.4 Å². The van der Waals surface area contributed by atoms with Crippen molar-refractivity contribution in [3.63, 3.8) is 0 Å². The van der Waals surface area contributed by atoms with Crippen molar-refractivity contribution in [1.82, 2.24) is 10.6 Å². The molecular formula is C20H25F2N3O4. The molecule has 9 heteroatoms. The van der Waals surface area contributed by atoms with Crippen molar-refractivity contribution in [3.05, 3.63) is 47.5 Å². The van der Waals surface area contributed by atoms with Crippen LogP contribution in [0.4, 0.5) is 8.78 Å². The van der Waals surface area contributed by atoms with E-state index in [0.29, 0.717) is 35.3 Å². The van der Waals surface area contributed by atoms with Crippen LogP contribution in [-0.4, -0.2) is 40.9 Å². The SMILES string of the molecule is CN=C(NCc1ccc(OC)c(OC)c1)NCc1cc(OC)ccc1OC(F)F. The Hall–Kier alpha value is -3.23. The molecule has 0 saturated carbocycles. The molecule has 29 heavy (non-hydrogen) atoms. The molecule has 0 radical (unpaired) electrons. The second-order valence-electron chi connectivity index (χ2n) is 5.82. The maximum atomic E-state index is 12.6. The molecule has 2 aromatic rings. The Kier molecular flexibility index (Phi) is 8.32. The van der Waals surface area contributed by atoms with E-state index < -0.39 is 6.61 Å². The summed E-state index contributed by atoms with van der Waals surface area (Å²) >= 11 is 0. The Morgan fingerprint density at radius 2 is 1.59 bits per heavy atom. The van der Waals surface area contributed by atoms with Gasteiger partial charge in [-0.1, -0.05) is 6.07 Å². The molecular weight excluding hydrogens is 384 g/mol. The van der Waals surface area contributed by atoms with E-state index in [1.807, 2.05) is 18.2 Å². The number of rotatable bonds is 9. The van der Waals surface area contributed by atoms with Gasteiger partial charge in [-0.2, -0.15) is 8.78 Å². The molecule has 0 aliphatic rings. The van der Waals surface area contributed by atoms with Crippen LogP contribution in [0.1, 0.15) is 11.1 Å². The summed E-state index contributed by atoms with van der Waals surface area (Å²) < 4.78 is 45.5. The van der Waals surface area contributed by atoms with Crippen LogP contribution in [0.3, 0.4) is 0 Å². The number of benzene rings is 2. The Bertz CT molecular complexity index is 831. The maximum Gasteiger partial charge on any atom is 0.387 e. The maximum absolute atomic E-state index is 12.6. The van der Waals surface area contributed by atoms with Crippen molar-refractivity contribution in [3.8, 4) is 23.0 Å². The zero-order valence-electron chi connectivity index (χ0n) is 16.8. The summed E-state index contributed by atoms with van der Waals surface area (Å²) in [7, 11) is 6.27. The molecule has 0 heterocycles. The number of hydrogen-bond donors (Lipinski definition) is 2. The Balaban J connectivity index is 2.02. The number of hydrogen-bond acceptors (Lipinski definition) is 5. The lowest BCUT2D eigenvalue weighted by atomic mass is 10.2. The Morgan fingerprint density at radius 1 is 0.897 bits per heavy atom. The minimum Gasteiger partial charge on any atom is -0.497 e. The van der Waals surface area contributed by atoms with E-state index in [1.165, 1.54) is 13.2 Å². The molecule has 7 nitrogen and oxygen atoms in total. The van der Waals surface area contributed by atoms with Crippen LogP contribution in [-0.2, 0) is 13.1 Å². The topological polar surface area (TPSA) is 73.3 Å². The van der Waals surface area contributed by atoms with Crippen LogP contribution in [0, 0.1) is 0 Å². The molecule has 0 aromatic heterocycles. The fourth-order valence-electron chi connectivity index (χ4n) is 2.61. The summed E-state index contributed by atoms with van der Waals surface area (Å²) in [5.41, 5.74) is 1.47. The zero-order valence-corrected chi connectivity index (χ0v) is 16.8. The van der Waals surface area contributed by atoms with Crippen LogP contribution < -0.4 is 29.6 Å². The average Bonchev–Trinajstić information content (AvgIpc) is 2.74. The third-order valence-electron chi connectivity index (χ3n) is 4.06. The first-order chi connectivity index (χ1) is 14.0. The highest BCUT2D eigenvalue weighted by Crippen LogP contribution is 2.27. The van der Waals surface area contributed by atoms with Gasteiger partial charge in [0.15, 0.2) is 17.5 Å². The highest BCUT2D eigenvalue weighted by molar-refractivity contribution is 5.79. The number of alkyl halides is 2. The van der Waals surface area contributed by atoms with E-state index >= 15 is 0 Å². The van der Waals surface area contributed by atoms with Gasteiger partial charge >= 0.3 is 6.61 Å². The molecule has 2 N–H and O–H groups in total. The highest BCUT2D eigenvalue weighted by Gasteiger charge is 2.12. The largest absolute Gasteiger partial charge is 0.497 e. The van der Waals surface area contributed by atoms with Gasteiger partial charge < -0.3 is 29.6 Å². The van der Waals surface area contributed by atoms with Crippen LogP contribution >= 0.6 is 0 Å². The van der Waals surface area contributed by atoms with E-state index in [0.717, 1.165) is 5.56 Å². The molecule has 0 saturated heterocycles. The van der Waals surface area contributed by atoms with Crippen molar-refractivity contribution in [1.29, 1.82) is 0 Å². The third-order valence-corrected chi connectivity index (χ3v) is 4.06. The van der Waals surface area contributed by atoms with Gasteiger partial charge in [0.2, 0.25) is 0 Å². The summed E-state index contributed by atoms with van der Waals surface area (Å²) in [6.45, 7) is -2.23. The van der Waals surface area contributed by atoms with Crippen LogP contribution in [0.2, 0.25) is 0 Å². The number of methoxy groups -OCH3 is 3. The van der Waals surface area contributed by atoms with Crippen molar-refractivity contribution >= 4 is 5.96 Å². The molecule has 2 aromatic carbocycles. The van der Waals surface area contributed by atoms with Crippen molar-refractivity contribution in [2.45, 2.75) is 19.7 Å². The van der Waals surface area contributed by atoms with Crippen molar-refractivity contribution in [2.75, 3.05) is 28.4 Å². The predicted octanol–water partition coefficient (Wildman–Crippen LogP) is 3.18. The quantitative estimate of drug-likeness (QED) is 0.490. The average molecular weight is 409 g/mol. The van der Waals surface area contributed by atoms with E-state index in [4.69, 9.17) is 14.2 Å². The second-order valence-corrected chi connectivity index (χ2v) is 5.82. The van der Waals surface area contributed by atoms with Gasteiger partial charge in [-0.05, 0) is 35.9 Å². The van der Waals surface area contributed by atoms with Crippen LogP contribution in [0.5, 0.6) is 23.0 Å². The zero-order chi connectivity index (χ0) is 21.2. The molecule has 0 spiro atoms. The lowest BCUT2D eigenvalue weighted by Crippen LogP contribution is -2.36. The summed E-state index contributed by atoms with van der Waals surface area (Å²) in [5, 5.41) is 6.23. The molecule has 0 fully saturated rings. The molecule has 0 amide bonds. The molecule has 0 unspecified atom stereocenters. The van der Waals surface area contributed by atoms with E-state index in [1.54, 1.807) is 33.4 Å². The highest BCUT2D eigenvalue weighted by atomic mass is 19.3. The number of guanidine groups is 1. The van der Waals surface area contributed by atoms with Crippen LogP contribution in [0.15, 0.2) is 41.4 Å². The molecule has 158 valence electrons. The number of halogens is 2. The number of aliphatic imine (C=N–C) groups is 1. The summed E-state index contributed by atoms with van der Waals surface area (Å²) in [6, 6.07) is 10.2. The number of nitrogens with one attached hydrogen (secondary N) is 2. The van der Waals surface area contributed by atoms with Crippen LogP contribution in [0.25, 0.3) is 0 Å². The lowest BCUT2D eigenvalue weighted by molar-refractivity contribution is -0.0505. The monoisotopic (exact) mass is 409 g/mol. The molecule has 0 aliphatic heterocycles. The third kappa shape index (κ3) is 6.41. The summed E-state index contributed by atoms with van der Waals surface area (Å²) in [5.74, 6) is 2.37. The van der Waals surface area contributed by atoms with Gasteiger partial charge in [0.25, 0.3) is 0 Å². The molecule has 0 aliphatic carbocycles.